The third-order valence-electron chi connectivity index (χ3n) is 4.23. The third kappa shape index (κ3) is 5.58. The molecule has 1 aliphatic heterocycles. The Morgan fingerprint density at radius 1 is 1.35 bits per heavy atom. The van der Waals surface area contributed by atoms with Gasteiger partial charge < -0.3 is 10.6 Å². The summed E-state index contributed by atoms with van der Waals surface area (Å²) in [5.74, 6) is 0.734. The zero-order chi connectivity index (χ0) is 19.2. The summed E-state index contributed by atoms with van der Waals surface area (Å²) in [6.07, 6.45) is 1.65. The molecule has 1 aromatic heterocycles. The first kappa shape index (κ1) is 21.0. The summed E-state index contributed by atoms with van der Waals surface area (Å²) in [5, 5.41) is 8.37. The zero-order valence-electron chi connectivity index (χ0n) is 14.4. The molecule has 0 aliphatic carbocycles. The topological polar surface area (TPSA) is 73.8 Å². The van der Waals surface area contributed by atoms with Gasteiger partial charge in [0.15, 0.2) is 5.96 Å². The molecule has 2 N–H and O–H groups in total. The Balaban J connectivity index is 1.71. The van der Waals surface area contributed by atoms with Crippen LogP contribution in [0, 0.1) is 5.92 Å². The minimum absolute atomic E-state index is 0.102. The molecule has 0 radical (unpaired) electrons. The number of nitrogens with zero attached hydrogens (tertiary/aromatic N) is 2. The third-order valence-corrected chi connectivity index (χ3v) is 6.80. The van der Waals surface area contributed by atoms with E-state index in [0.29, 0.717) is 29.7 Å². The van der Waals surface area contributed by atoms with E-state index in [1.807, 2.05) is 11.4 Å². The van der Waals surface area contributed by atoms with Crippen molar-refractivity contribution in [2.75, 3.05) is 33.2 Å². The smallest absolute Gasteiger partial charge is 0.356 e. The van der Waals surface area contributed by atoms with Crippen molar-refractivity contribution in [3.8, 4) is 0 Å². The van der Waals surface area contributed by atoms with Crippen LogP contribution in [0.25, 0.3) is 0 Å². The van der Waals surface area contributed by atoms with Crippen LogP contribution in [0.4, 0.5) is 13.2 Å². The van der Waals surface area contributed by atoms with Crippen molar-refractivity contribution in [3.05, 3.63) is 22.4 Å². The fraction of sp³-hybridized carbons (Fsp3) is 0.667. The molecule has 2 rings (SSSR count). The maximum absolute atomic E-state index is 12.6. The number of alkyl halides is 3. The van der Waals surface area contributed by atoms with Crippen molar-refractivity contribution in [2.24, 2.45) is 10.9 Å². The first-order valence-electron chi connectivity index (χ1n) is 8.27. The van der Waals surface area contributed by atoms with Gasteiger partial charge in [0.25, 0.3) is 0 Å². The number of aliphatic imine (C=N–C) groups is 1. The van der Waals surface area contributed by atoms with Gasteiger partial charge in [-0.25, -0.2) is 8.42 Å². The average Bonchev–Trinajstić information content (AvgIpc) is 3.10. The molecule has 0 atom stereocenters. The van der Waals surface area contributed by atoms with E-state index >= 15 is 0 Å². The van der Waals surface area contributed by atoms with E-state index in [1.165, 1.54) is 4.88 Å². The van der Waals surface area contributed by atoms with Crippen molar-refractivity contribution in [3.63, 3.8) is 0 Å². The maximum atomic E-state index is 12.6. The molecule has 148 valence electrons. The van der Waals surface area contributed by atoms with Crippen molar-refractivity contribution in [1.29, 1.82) is 0 Å². The number of rotatable bonds is 6. The van der Waals surface area contributed by atoms with Gasteiger partial charge in [-0.1, -0.05) is 6.07 Å². The predicted octanol–water partition coefficient (Wildman–Crippen LogP) is 2.02. The summed E-state index contributed by atoms with van der Waals surface area (Å²) in [5.41, 5.74) is -5.23. The molecule has 0 aromatic carbocycles. The monoisotopic (exact) mass is 412 g/mol. The Bertz CT molecular complexity index is 682. The van der Waals surface area contributed by atoms with Crippen molar-refractivity contribution in [1.82, 2.24) is 14.9 Å². The summed E-state index contributed by atoms with van der Waals surface area (Å²) < 4.78 is 61.0. The molecule has 1 saturated heterocycles. The highest BCUT2D eigenvalue weighted by atomic mass is 32.2. The van der Waals surface area contributed by atoms with Gasteiger partial charge in [0.1, 0.15) is 0 Å². The fourth-order valence-corrected chi connectivity index (χ4v) is 4.41. The molecular formula is C15H23F3N4O2S2. The minimum Gasteiger partial charge on any atom is -0.356 e. The molecule has 1 aromatic rings. The number of nitrogens with one attached hydrogen (secondary N) is 2. The quantitative estimate of drug-likeness (QED) is 0.554. The van der Waals surface area contributed by atoms with E-state index in [2.05, 4.69) is 21.7 Å². The summed E-state index contributed by atoms with van der Waals surface area (Å²) in [6, 6.07) is 4.06. The number of guanidine groups is 1. The highest BCUT2D eigenvalue weighted by molar-refractivity contribution is 7.90. The van der Waals surface area contributed by atoms with E-state index in [-0.39, 0.29) is 19.0 Å². The molecule has 6 nitrogen and oxygen atoms in total. The van der Waals surface area contributed by atoms with E-state index in [9.17, 15) is 21.6 Å². The van der Waals surface area contributed by atoms with Crippen molar-refractivity contribution >= 4 is 27.3 Å². The SMILES string of the molecule is CN=C(NCCc1cccs1)NCC1CCN(S(=O)(=O)C(F)(F)F)CC1. The first-order valence-corrected chi connectivity index (χ1v) is 10.6. The summed E-state index contributed by atoms with van der Waals surface area (Å²) in [7, 11) is -3.56. The van der Waals surface area contributed by atoms with Gasteiger partial charge in [-0.2, -0.15) is 17.5 Å². The van der Waals surface area contributed by atoms with Crippen molar-refractivity contribution < 1.29 is 21.6 Å². The van der Waals surface area contributed by atoms with Crippen LogP contribution < -0.4 is 10.6 Å². The Kier molecular flexibility index (Phi) is 7.30. The molecule has 0 saturated carbocycles. The molecule has 0 bridgehead atoms. The second-order valence-electron chi connectivity index (χ2n) is 6.00. The molecule has 26 heavy (non-hydrogen) atoms. The molecule has 0 spiro atoms. The Morgan fingerprint density at radius 3 is 2.58 bits per heavy atom. The van der Waals surface area contributed by atoms with E-state index < -0.39 is 15.5 Å². The van der Waals surface area contributed by atoms with Crippen LogP contribution in [0.5, 0.6) is 0 Å². The molecule has 1 aliphatic rings. The van der Waals surface area contributed by atoms with Crippen LogP contribution in [-0.4, -0.2) is 57.4 Å². The summed E-state index contributed by atoms with van der Waals surface area (Å²) >= 11 is 1.69. The van der Waals surface area contributed by atoms with Crippen LogP contribution >= 0.6 is 11.3 Å². The van der Waals surface area contributed by atoms with Crippen LogP contribution in [0.3, 0.4) is 0 Å². The number of hydrogen-bond acceptors (Lipinski definition) is 4. The lowest BCUT2D eigenvalue weighted by molar-refractivity contribution is -0.0496. The molecule has 1 fully saturated rings. The Labute approximate surface area is 155 Å². The lowest BCUT2D eigenvalue weighted by Crippen LogP contribution is -2.47. The first-order chi connectivity index (χ1) is 12.2. The minimum atomic E-state index is -5.23. The maximum Gasteiger partial charge on any atom is 0.511 e. The number of thiophene rings is 1. The zero-order valence-corrected chi connectivity index (χ0v) is 16.1. The Morgan fingerprint density at radius 2 is 2.04 bits per heavy atom. The van der Waals surface area contributed by atoms with Crippen LogP contribution in [0.2, 0.25) is 0 Å². The van der Waals surface area contributed by atoms with Crippen LogP contribution in [-0.2, 0) is 16.4 Å². The highest BCUT2D eigenvalue weighted by Gasteiger charge is 2.50. The van der Waals surface area contributed by atoms with Gasteiger partial charge in [0.05, 0.1) is 0 Å². The Hall–Kier alpha value is -1.33. The van der Waals surface area contributed by atoms with Crippen LogP contribution in [0.15, 0.2) is 22.5 Å². The number of piperidine rings is 1. The van der Waals surface area contributed by atoms with Gasteiger partial charge >= 0.3 is 15.5 Å². The standard InChI is InChI=1S/C15H23F3N4O2S2/c1-19-14(20-7-4-13-3-2-10-25-13)21-11-12-5-8-22(9-6-12)26(23,24)15(16,17)18/h2-3,10,12H,4-9,11H2,1H3,(H2,19,20,21). The predicted molar refractivity (Wildman–Crippen MR) is 96.7 cm³/mol. The molecule has 0 amide bonds. The second kappa shape index (κ2) is 9.05. The molecular weight excluding hydrogens is 389 g/mol. The van der Waals surface area contributed by atoms with Gasteiger partial charge in [-0.3, -0.25) is 4.99 Å². The van der Waals surface area contributed by atoms with Gasteiger partial charge in [-0.15, -0.1) is 11.3 Å². The van der Waals surface area contributed by atoms with Gasteiger partial charge in [0, 0.05) is 38.1 Å². The number of halogens is 3. The van der Waals surface area contributed by atoms with Gasteiger partial charge in [0.2, 0.25) is 0 Å². The molecule has 11 heteroatoms. The highest BCUT2D eigenvalue weighted by Crippen LogP contribution is 2.30. The van der Waals surface area contributed by atoms with Gasteiger partial charge in [-0.05, 0) is 36.6 Å². The normalized spacial score (nSPS) is 18.1. The lowest BCUT2D eigenvalue weighted by Gasteiger charge is -2.31. The second-order valence-corrected chi connectivity index (χ2v) is 8.96. The van der Waals surface area contributed by atoms with Crippen LogP contribution in [0.1, 0.15) is 17.7 Å². The molecule has 2 heterocycles. The van der Waals surface area contributed by atoms with E-state index in [1.54, 1.807) is 18.4 Å². The van der Waals surface area contributed by atoms with E-state index in [0.717, 1.165) is 13.0 Å². The summed E-state index contributed by atoms with van der Waals surface area (Å²) in [6.45, 7) is 1.04. The van der Waals surface area contributed by atoms with E-state index in [4.69, 9.17) is 0 Å². The fourth-order valence-electron chi connectivity index (χ4n) is 2.72. The molecule has 0 unspecified atom stereocenters. The number of sulfonamides is 1. The summed E-state index contributed by atoms with van der Waals surface area (Å²) in [4.78, 5) is 5.39. The number of hydrogen-bond donors (Lipinski definition) is 2. The average molecular weight is 413 g/mol. The lowest BCUT2D eigenvalue weighted by atomic mass is 9.98. The largest absolute Gasteiger partial charge is 0.511 e. The van der Waals surface area contributed by atoms with Crippen molar-refractivity contribution in [2.45, 2.75) is 24.8 Å².